The lowest BCUT2D eigenvalue weighted by Crippen LogP contribution is -2.31. The molecule has 2 N–H and O–H groups in total. The summed E-state index contributed by atoms with van der Waals surface area (Å²) in [5.41, 5.74) is 0.286. The molecule has 2 fully saturated rings. The minimum Gasteiger partial charge on any atom is -0.396 e. The third-order valence-electron chi connectivity index (χ3n) is 3.95. The van der Waals surface area contributed by atoms with Gasteiger partial charge in [0.2, 0.25) is 0 Å². The van der Waals surface area contributed by atoms with E-state index in [0.29, 0.717) is 6.61 Å². The van der Waals surface area contributed by atoms with Gasteiger partial charge in [0, 0.05) is 18.6 Å². The van der Waals surface area contributed by atoms with Gasteiger partial charge in [0.15, 0.2) is 0 Å². The Bertz CT molecular complexity index is 171. The molecule has 0 atom stereocenters. The summed E-state index contributed by atoms with van der Waals surface area (Å²) in [6.07, 6.45) is 9.58. The van der Waals surface area contributed by atoms with Gasteiger partial charge in [-0.05, 0) is 38.1 Å². The van der Waals surface area contributed by atoms with Gasteiger partial charge in [0.05, 0.1) is 0 Å². The Labute approximate surface area is 87.1 Å². The lowest BCUT2D eigenvalue weighted by molar-refractivity contribution is 0.204. The minimum atomic E-state index is 0.286. The zero-order valence-corrected chi connectivity index (χ0v) is 9.10. The summed E-state index contributed by atoms with van der Waals surface area (Å²) in [6.45, 7) is 2.60. The first-order valence-corrected chi connectivity index (χ1v) is 6.16. The van der Waals surface area contributed by atoms with Crippen LogP contribution in [-0.2, 0) is 0 Å². The topological polar surface area (TPSA) is 32.3 Å². The van der Waals surface area contributed by atoms with E-state index in [0.717, 1.165) is 12.5 Å². The molecule has 2 saturated carbocycles. The highest BCUT2D eigenvalue weighted by molar-refractivity contribution is 4.94. The maximum Gasteiger partial charge on any atom is 0.0499 e. The smallest absolute Gasteiger partial charge is 0.0499 e. The fourth-order valence-corrected chi connectivity index (χ4v) is 2.50. The van der Waals surface area contributed by atoms with Crippen molar-refractivity contribution in [1.82, 2.24) is 5.32 Å². The molecule has 0 heterocycles. The van der Waals surface area contributed by atoms with Crippen LogP contribution >= 0.6 is 0 Å². The fraction of sp³-hybridized carbons (Fsp3) is 1.00. The average molecular weight is 197 g/mol. The van der Waals surface area contributed by atoms with Crippen molar-refractivity contribution >= 4 is 0 Å². The molecule has 0 aromatic rings. The zero-order valence-electron chi connectivity index (χ0n) is 9.10. The van der Waals surface area contributed by atoms with E-state index in [1.165, 1.54) is 51.5 Å². The molecule has 0 unspecified atom stereocenters. The van der Waals surface area contributed by atoms with E-state index < -0.39 is 0 Å². The van der Waals surface area contributed by atoms with Crippen molar-refractivity contribution in [3.05, 3.63) is 0 Å². The van der Waals surface area contributed by atoms with Crippen LogP contribution in [0, 0.1) is 11.3 Å². The number of nitrogens with one attached hydrogen (secondary N) is 1. The predicted molar refractivity (Wildman–Crippen MR) is 58.2 cm³/mol. The van der Waals surface area contributed by atoms with Gasteiger partial charge in [-0.25, -0.2) is 0 Å². The first-order chi connectivity index (χ1) is 6.85. The van der Waals surface area contributed by atoms with Gasteiger partial charge < -0.3 is 10.4 Å². The molecule has 2 nitrogen and oxygen atoms in total. The standard InChI is InChI=1S/C12H23NO/c14-10-12(6-7-12)9-13-8-11-4-2-1-3-5-11/h11,13-14H,1-10H2. The van der Waals surface area contributed by atoms with Gasteiger partial charge in [0.25, 0.3) is 0 Å². The quantitative estimate of drug-likeness (QED) is 0.706. The number of aliphatic hydroxyl groups is 1. The van der Waals surface area contributed by atoms with Crippen LogP contribution in [0.25, 0.3) is 0 Å². The third-order valence-corrected chi connectivity index (χ3v) is 3.95. The summed E-state index contributed by atoms with van der Waals surface area (Å²) in [7, 11) is 0. The molecule has 82 valence electrons. The van der Waals surface area contributed by atoms with Crippen LogP contribution in [-0.4, -0.2) is 24.8 Å². The molecule has 2 rings (SSSR count). The lowest BCUT2D eigenvalue weighted by Gasteiger charge is -2.23. The monoisotopic (exact) mass is 197 g/mol. The highest BCUT2D eigenvalue weighted by Crippen LogP contribution is 2.44. The lowest BCUT2D eigenvalue weighted by atomic mass is 9.89. The van der Waals surface area contributed by atoms with E-state index in [9.17, 15) is 0 Å². The van der Waals surface area contributed by atoms with Crippen molar-refractivity contribution in [2.24, 2.45) is 11.3 Å². The third kappa shape index (κ3) is 2.71. The highest BCUT2D eigenvalue weighted by atomic mass is 16.3. The first kappa shape index (κ1) is 10.4. The minimum absolute atomic E-state index is 0.286. The average Bonchev–Trinajstić information content (AvgIpc) is 3.00. The molecule has 2 heteroatoms. The Morgan fingerprint density at radius 3 is 2.43 bits per heavy atom. The van der Waals surface area contributed by atoms with Crippen molar-refractivity contribution in [3.63, 3.8) is 0 Å². The van der Waals surface area contributed by atoms with Crippen LogP contribution in [0.5, 0.6) is 0 Å². The van der Waals surface area contributed by atoms with Crippen LogP contribution in [0.4, 0.5) is 0 Å². The molecule has 0 bridgehead atoms. The van der Waals surface area contributed by atoms with Crippen molar-refractivity contribution in [1.29, 1.82) is 0 Å². The van der Waals surface area contributed by atoms with Crippen molar-refractivity contribution in [3.8, 4) is 0 Å². The van der Waals surface area contributed by atoms with E-state index in [4.69, 9.17) is 5.11 Å². The van der Waals surface area contributed by atoms with Gasteiger partial charge in [-0.15, -0.1) is 0 Å². The number of hydrogen-bond donors (Lipinski definition) is 2. The van der Waals surface area contributed by atoms with Crippen LogP contribution < -0.4 is 5.32 Å². The molecule has 0 amide bonds. The molecule has 0 saturated heterocycles. The van der Waals surface area contributed by atoms with Crippen LogP contribution in [0.2, 0.25) is 0 Å². The van der Waals surface area contributed by atoms with E-state index in [2.05, 4.69) is 5.32 Å². The Kier molecular flexibility index (Phi) is 3.45. The first-order valence-electron chi connectivity index (χ1n) is 6.16. The summed E-state index contributed by atoms with van der Waals surface area (Å²) >= 11 is 0. The largest absolute Gasteiger partial charge is 0.396 e. The van der Waals surface area contributed by atoms with Gasteiger partial charge in [0.1, 0.15) is 0 Å². The SMILES string of the molecule is OCC1(CNCC2CCCCC2)CC1. The molecular formula is C12H23NO. The second-order valence-corrected chi connectivity index (χ2v) is 5.29. The Morgan fingerprint density at radius 1 is 1.14 bits per heavy atom. The van der Waals surface area contributed by atoms with Gasteiger partial charge in [-0.2, -0.15) is 0 Å². The summed E-state index contributed by atoms with van der Waals surface area (Å²) in [4.78, 5) is 0. The molecule has 2 aliphatic carbocycles. The Hall–Kier alpha value is -0.0800. The summed E-state index contributed by atoms with van der Waals surface area (Å²) in [6, 6.07) is 0. The zero-order chi connectivity index (χ0) is 9.86. The second kappa shape index (κ2) is 4.63. The maximum absolute atomic E-state index is 9.15. The molecule has 0 radical (unpaired) electrons. The molecule has 14 heavy (non-hydrogen) atoms. The molecule has 0 aromatic heterocycles. The number of aliphatic hydroxyl groups excluding tert-OH is 1. The van der Waals surface area contributed by atoms with E-state index >= 15 is 0 Å². The molecular weight excluding hydrogens is 174 g/mol. The summed E-state index contributed by atoms with van der Waals surface area (Å²) in [5.74, 6) is 0.915. The molecule has 0 aliphatic heterocycles. The van der Waals surface area contributed by atoms with Gasteiger partial charge in [-0.3, -0.25) is 0 Å². The summed E-state index contributed by atoms with van der Waals surface area (Å²) < 4.78 is 0. The predicted octanol–water partition coefficient (Wildman–Crippen LogP) is 1.93. The van der Waals surface area contributed by atoms with Gasteiger partial charge >= 0.3 is 0 Å². The molecule has 0 spiro atoms. The fourth-order valence-electron chi connectivity index (χ4n) is 2.50. The molecule has 2 aliphatic rings. The van der Waals surface area contributed by atoms with Gasteiger partial charge in [-0.1, -0.05) is 19.3 Å². The maximum atomic E-state index is 9.15. The number of hydrogen-bond acceptors (Lipinski definition) is 2. The van der Waals surface area contributed by atoms with Crippen molar-refractivity contribution < 1.29 is 5.11 Å². The second-order valence-electron chi connectivity index (χ2n) is 5.29. The van der Waals surface area contributed by atoms with E-state index in [-0.39, 0.29) is 5.41 Å². The van der Waals surface area contributed by atoms with E-state index in [1.807, 2.05) is 0 Å². The van der Waals surface area contributed by atoms with Crippen LogP contribution in [0.1, 0.15) is 44.9 Å². The summed E-state index contributed by atoms with van der Waals surface area (Å²) in [5, 5.41) is 12.7. The molecule has 0 aromatic carbocycles. The Balaban J connectivity index is 1.58. The number of rotatable bonds is 5. The highest BCUT2D eigenvalue weighted by Gasteiger charge is 2.41. The Morgan fingerprint density at radius 2 is 1.86 bits per heavy atom. The normalized spacial score (nSPS) is 26.4. The van der Waals surface area contributed by atoms with Crippen molar-refractivity contribution in [2.75, 3.05) is 19.7 Å². The van der Waals surface area contributed by atoms with Crippen LogP contribution in [0.3, 0.4) is 0 Å². The van der Waals surface area contributed by atoms with Crippen LogP contribution in [0.15, 0.2) is 0 Å². The van der Waals surface area contributed by atoms with Crippen molar-refractivity contribution in [2.45, 2.75) is 44.9 Å². The van der Waals surface area contributed by atoms with E-state index in [1.54, 1.807) is 0 Å².